The highest BCUT2D eigenvalue weighted by atomic mass is 16.1. The summed E-state index contributed by atoms with van der Waals surface area (Å²) in [6, 6.07) is 0.274. The van der Waals surface area contributed by atoms with Crippen LogP contribution in [0, 0.1) is 0 Å². The van der Waals surface area contributed by atoms with E-state index in [0.717, 1.165) is 0 Å². The highest BCUT2D eigenvalue weighted by Gasteiger charge is 2.28. The highest BCUT2D eigenvalue weighted by Crippen LogP contribution is 2.12. The number of likely N-dealkylation sites (N-methyl/N-ethyl adjacent to an activating group) is 1. The zero-order chi connectivity index (χ0) is 10.6. The third-order valence-electron chi connectivity index (χ3n) is 2.45. The monoisotopic (exact) mass is 184 g/mol. The van der Waals surface area contributed by atoms with Crippen molar-refractivity contribution < 1.29 is 4.79 Å². The number of hydrogen-bond acceptors (Lipinski definition) is 2. The minimum atomic E-state index is -0.241. The van der Waals surface area contributed by atoms with Crippen molar-refractivity contribution in [2.45, 2.75) is 32.4 Å². The van der Waals surface area contributed by atoms with Gasteiger partial charge in [-0.25, -0.2) is 0 Å². The second-order valence-corrected chi connectivity index (χ2v) is 4.05. The lowest BCUT2D eigenvalue weighted by Crippen LogP contribution is -2.55. The summed E-state index contributed by atoms with van der Waals surface area (Å²) in [5.74, 6) is -0.126. The van der Waals surface area contributed by atoms with Gasteiger partial charge in [0.2, 0.25) is 5.91 Å². The SMILES string of the molecule is C=CC(=O)NC(C)(C)C(C)N(C)C. The Hall–Kier alpha value is -0.830. The van der Waals surface area contributed by atoms with Crippen molar-refractivity contribution in [2.75, 3.05) is 14.1 Å². The van der Waals surface area contributed by atoms with E-state index in [0.29, 0.717) is 0 Å². The third-order valence-corrected chi connectivity index (χ3v) is 2.45. The van der Waals surface area contributed by atoms with Gasteiger partial charge in [-0.2, -0.15) is 0 Å². The average molecular weight is 184 g/mol. The van der Waals surface area contributed by atoms with Gasteiger partial charge in [0, 0.05) is 11.6 Å². The normalized spacial score (nSPS) is 14.0. The van der Waals surface area contributed by atoms with Gasteiger partial charge < -0.3 is 10.2 Å². The first-order valence-electron chi connectivity index (χ1n) is 4.42. The Morgan fingerprint density at radius 2 is 2.00 bits per heavy atom. The highest BCUT2D eigenvalue weighted by molar-refractivity contribution is 5.87. The van der Waals surface area contributed by atoms with E-state index >= 15 is 0 Å². The van der Waals surface area contributed by atoms with Crippen LogP contribution in [-0.4, -0.2) is 36.5 Å². The van der Waals surface area contributed by atoms with Gasteiger partial charge >= 0.3 is 0 Å². The van der Waals surface area contributed by atoms with E-state index in [-0.39, 0.29) is 17.5 Å². The predicted molar refractivity (Wildman–Crippen MR) is 55.6 cm³/mol. The number of rotatable bonds is 4. The molecule has 0 aromatic heterocycles. The molecule has 0 aliphatic rings. The Kier molecular flexibility index (Phi) is 4.14. The molecule has 0 aromatic carbocycles. The first-order chi connectivity index (χ1) is 5.81. The molecule has 0 saturated carbocycles. The maximum atomic E-state index is 11.1. The summed E-state index contributed by atoms with van der Waals surface area (Å²) in [6.07, 6.45) is 1.30. The van der Waals surface area contributed by atoms with Gasteiger partial charge in [0.25, 0.3) is 0 Å². The van der Waals surface area contributed by atoms with Crippen molar-refractivity contribution >= 4 is 5.91 Å². The van der Waals surface area contributed by atoms with Gasteiger partial charge in [0.05, 0.1) is 0 Å². The number of carbonyl (C=O) groups is 1. The van der Waals surface area contributed by atoms with Gasteiger partial charge in [0.15, 0.2) is 0 Å². The molecule has 0 aromatic rings. The molecule has 1 unspecified atom stereocenters. The summed E-state index contributed by atoms with van der Waals surface area (Å²) in [5, 5.41) is 2.89. The van der Waals surface area contributed by atoms with Crippen LogP contribution in [0.25, 0.3) is 0 Å². The molecule has 0 aliphatic heterocycles. The maximum absolute atomic E-state index is 11.1. The van der Waals surface area contributed by atoms with E-state index < -0.39 is 0 Å². The maximum Gasteiger partial charge on any atom is 0.243 e. The minimum Gasteiger partial charge on any atom is -0.346 e. The van der Waals surface area contributed by atoms with Gasteiger partial charge in [0.1, 0.15) is 0 Å². The first kappa shape index (κ1) is 12.2. The van der Waals surface area contributed by atoms with E-state index in [1.54, 1.807) is 0 Å². The minimum absolute atomic E-state index is 0.126. The summed E-state index contributed by atoms with van der Waals surface area (Å²) in [4.78, 5) is 13.2. The first-order valence-corrected chi connectivity index (χ1v) is 4.42. The fraction of sp³-hybridized carbons (Fsp3) is 0.700. The van der Waals surface area contributed by atoms with E-state index in [4.69, 9.17) is 0 Å². The number of hydrogen-bond donors (Lipinski definition) is 1. The molecule has 3 nitrogen and oxygen atoms in total. The number of carbonyl (C=O) groups excluding carboxylic acids is 1. The molecule has 0 radical (unpaired) electrons. The molecule has 1 N–H and O–H groups in total. The van der Waals surface area contributed by atoms with Crippen LogP contribution in [-0.2, 0) is 4.79 Å². The van der Waals surface area contributed by atoms with Crippen LogP contribution in [0.15, 0.2) is 12.7 Å². The molecular weight excluding hydrogens is 164 g/mol. The van der Waals surface area contributed by atoms with E-state index in [9.17, 15) is 4.79 Å². The lowest BCUT2D eigenvalue weighted by atomic mass is 9.95. The van der Waals surface area contributed by atoms with Crippen molar-refractivity contribution in [3.63, 3.8) is 0 Å². The molecule has 0 saturated heterocycles. The number of nitrogens with zero attached hydrogens (tertiary/aromatic N) is 1. The van der Waals surface area contributed by atoms with Crippen molar-refractivity contribution in [3.05, 3.63) is 12.7 Å². The van der Waals surface area contributed by atoms with Crippen molar-refractivity contribution in [2.24, 2.45) is 0 Å². The molecule has 1 amide bonds. The Bertz CT molecular complexity index is 197. The van der Waals surface area contributed by atoms with Gasteiger partial charge in [-0.3, -0.25) is 4.79 Å². The third kappa shape index (κ3) is 3.59. The smallest absolute Gasteiger partial charge is 0.243 e. The molecule has 0 heterocycles. The molecule has 0 spiro atoms. The molecular formula is C10H20N2O. The van der Waals surface area contributed by atoms with Gasteiger partial charge in [-0.1, -0.05) is 6.58 Å². The summed E-state index contributed by atoms with van der Waals surface area (Å²) < 4.78 is 0. The largest absolute Gasteiger partial charge is 0.346 e. The second kappa shape index (κ2) is 4.42. The Labute approximate surface area is 80.8 Å². The number of nitrogens with one attached hydrogen (secondary N) is 1. The molecule has 3 heteroatoms. The topological polar surface area (TPSA) is 32.3 Å². The van der Waals surface area contributed by atoms with E-state index in [1.807, 2.05) is 27.9 Å². The molecule has 1 atom stereocenters. The van der Waals surface area contributed by atoms with Crippen LogP contribution in [0.1, 0.15) is 20.8 Å². The van der Waals surface area contributed by atoms with Gasteiger partial charge in [-0.05, 0) is 40.9 Å². The summed E-state index contributed by atoms with van der Waals surface area (Å²) in [7, 11) is 3.99. The molecule has 0 fully saturated rings. The number of amides is 1. The standard InChI is InChI=1S/C10H20N2O/c1-7-9(13)11-10(3,4)8(2)12(5)6/h7-8H,1H2,2-6H3,(H,11,13). The summed E-state index contributed by atoms with van der Waals surface area (Å²) in [5.41, 5.74) is -0.241. The van der Waals surface area contributed by atoms with Crippen LogP contribution in [0.4, 0.5) is 0 Å². The van der Waals surface area contributed by atoms with E-state index in [1.165, 1.54) is 6.08 Å². The zero-order valence-electron chi connectivity index (χ0n) is 9.22. The van der Waals surface area contributed by atoms with E-state index in [2.05, 4.69) is 23.7 Å². The fourth-order valence-electron chi connectivity index (χ4n) is 1.12. The molecule has 76 valence electrons. The van der Waals surface area contributed by atoms with Crippen molar-refractivity contribution in [1.29, 1.82) is 0 Å². The Balaban J connectivity index is 4.37. The Morgan fingerprint density at radius 1 is 1.54 bits per heavy atom. The van der Waals surface area contributed by atoms with Crippen molar-refractivity contribution in [1.82, 2.24) is 10.2 Å². The zero-order valence-corrected chi connectivity index (χ0v) is 9.22. The van der Waals surface area contributed by atoms with Crippen LogP contribution in [0.3, 0.4) is 0 Å². The molecule has 0 aliphatic carbocycles. The quantitative estimate of drug-likeness (QED) is 0.662. The predicted octanol–water partition coefficient (Wildman–Crippen LogP) is 1.02. The van der Waals surface area contributed by atoms with Crippen LogP contribution >= 0.6 is 0 Å². The van der Waals surface area contributed by atoms with Crippen molar-refractivity contribution in [3.8, 4) is 0 Å². The average Bonchev–Trinajstić information content (AvgIpc) is 2.01. The summed E-state index contributed by atoms with van der Waals surface area (Å²) in [6.45, 7) is 9.49. The Morgan fingerprint density at radius 3 is 2.31 bits per heavy atom. The molecule has 0 bridgehead atoms. The lowest BCUT2D eigenvalue weighted by molar-refractivity contribution is -0.118. The molecule has 0 rings (SSSR count). The fourth-order valence-corrected chi connectivity index (χ4v) is 1.12. The van der Waals surface area contributed by atoms with Gasteiger partial charge in [-0.15, -0.1) is 0 Å². The van der Waals surface area contributed by atoms with Crippen LogP contribution in [0.5, 0.6) is 0 Å². The molecule has 13 heavy (non-hydrogen) atoms. The summed E-state index contributed by atoms with van der Waals surface area (Å²) >= 11 is 0. The second-order valence-electron chi connectivity index (χ2n) is 4.05. The lowest BCUT2D eigenvalue weighted by Gasteiger charge is -2.36. The van der Waals surface area contributed by atoms with Crippen LogP contribution in [0.2, 0.25) is 0 Å². The van der Waals surface area contributed by atoms with Crippen LogP contribution < -0.4 is 5.32 Å².